The highest BCUT2D eigenvalue weighted by atomic mass is 79.9. The van der Waals surface area contributed by atoms with Gasteiger partial charge in [-0.25, -0.2) is 4.98 Å². The van der Waals surface area contributed by atoms with E-state index in [1.807, 2.05) is 5.51 Å². The second kappa shape index (κ2) is 3.49. The van der Waals surface area contributed by atoms with E-state index in [0.717, 1.165) is 5.33 Å². The summed E-state index contributed by atoms with van der Waals surface area (Å²) >= 11 is 5.19. The van der Waals surface area contributed by atoms with Crippen molar-refractivity contribution in [2.75, 3.05) is 5.33 Å². The summed E-state index contributed by atoms with van der Waals surface area (Å²) < 4.78 is 0. The van der Waals surface area contributed by atoms with Gasteiger partial charge in [-0.3, -0.25) is 0 Å². The van der Waals surface area contributed by atoms with Gasteiger partial charge in [0.25, 0.3) is 0 Å². The maximum absolute atomic E-state index is 4.18. The number of hydrogen-bond acceptors (Lipinski definition) is 2. The van der Waals surface area contributed by atoms with Crippen molar-refractivity contribution < 1.29 is 0 Å². The van der Waals surface area contributed by atoms with Crippen LogP contribution >= 0.6 is 27.3 Å². The summed E-state index contributed by atoms with van der Waals surface area (Å²) in [5.74, 6) is 0.604. The Balaban J connectivity index is 2.82. The summed E-state index contributed by atoms with van der Waals surface area (Å²) in [4.78, 5) is 5.58. The van der Waals surface area contributed by atoms with E-state index in [4.69, 9.17) is 0 Å². The molecule has 0 aromatic carbocycles. The zero-order chi connectivity index (χ0) is 7.56. The largest absolute Gasteiger partial charge is 0.250 e. The highest BCUT2D eigenvalue weighted by Gasteiger charge is 2.08. The lowest BCUT2D eigenvalue weighted by atomic mass is 10.1. The molecule has 0 aliphatic rings. The van der Waals surface area contributed by atoms with Crippen LogP contribution in [0.1, 0.15) is 23.4 Å². The molecule has 1 nitrogen and oxygen atoms in total. The van der Waals surface area contributed by atoms with Crippen LogP contribution in [0.5, 0.6) is 0 Å². The summed E-state index contributed by atoms with van der Waals surface area (Å²) in [5, 5.41) is 1.02. The van der Waals surface area contributed by atoms with Gasteiger partial charge in [-0.05, 0) is 6.92 Å². The number of aromatic nitrogens is 1. The second-order valence-corrected chi connectivity index (χ2v) is 3.89. The fraction of sp³-hybridized carbons (Fsp3) is 0.571. The van der Waals surface area contributed by atoms with Crippen molar-refractivity contribution in [3.8, 4) is 0 Å². The standard InChI is InChI=1S/C7H10BrNS/c1-5(3-8)7-6(2)9-4-10-7/h4-5H,3H2,1-2H3. The third-order valence-corrected chi connectivity index (χ3v) is 3.60. The molecule has 10 heavy (non-hydrogen) atoms. The Morgan fingerprint density at radius 1 is 1.80 bits per heavy atom. The molecule has 0 fully saturated rings. The van der Waals surface area contributed by atoms with Crippen molar-refractivity contribution in [1.29, 1.82) is 0 Å². The highest BCUT2D eigenvalue weighted by molar-refractivity contribution is 9.09. The van der Waals surface area contributed by atoms with E-state index in [2.05, 4.69) is 34.8 Å². The molecule has 56 valence electrons. The number of thiazole rings is 1. The van der Waals surface area contributed by atoms with Crippen molar-refractivity contribution in [2.45, 2.75) is 19.8 Å². The fourth-order valence-corrected chi connectivity index (χ4v) is 2.26. The van der Waals surface area contributed by atoms with Crippen molar-refractivity contribution in [3.05, 3.63) is 16.1 Å². The molecule has 1 rings (SSSR count). The zero-order valence-corrected chi connectivity index (χ0v) is 8.50. The van der Waals surface area contributed by atoms with Crippen molar-refractivity contribution >= 4 is 27.3 Å². The number of rotatable bonds is 2. The summed E-state index contributed by atoms with van der Waals surface area (Å²) in [5.41, 5.74) is 3.08. The average molecular weight is 220 g/mol. The third kappa shape index (κ3) is 1.58. The van der Waals surface area contributed by atoms with Gasteiger partial charge >= 0.3 is 0 Å². The first-order valence-electron chi connectivity index (χ1n) is 3.21. The molecule has 3 heteroatoms. The van der Waals surface area contributed by atoms with Gasteiger partial charge in [0.05, 0.1) is 11.2 Å². The molecule has 1 heterocycles. The molecule has 0 saturated carbocycles. The molecule has 0 aliphatic carbocycles. The average Bonchev–Trinajstić information content (AvgIpc) is 2.34. The fourth-order valence-electron chi connectivity index (χ4n) is 0.854. The topological polar surface area (TPSA) is 12.9 Å². The molecule has 0 saturated heterocycles. The van der Waals surface area contributed by atoms with Gasteiger partial charge in [-0.2, -0.15) is 0 Å². The molecule has 0 N–H and O–H groups in total. The van der Waals surface area contributed by atoms with Crippen molar-refractivity contribution in [3.63, 3.8) is 0 Å². The van der Waals surface area contributed by atoms with E-state index in [9.17, 15) is 0 Å². The SMILES string of the molecule is Cc1ncsc1C(C)CBr. The molecule has 0 amide bonds. The van der Waals surface area contributed by atoms with Gasteiger partial charge in [0.2, 0.25) is 0 Å². The third-order valence-electron chi connectivity index (χ3n) is 1.46. The minimum atomic E-state index is 0.604. The Morgan fingerprint density at radius 3 is 2.90 bits per heavy atom. The number of hydrogen-bond donors (Lipinski definition) is 0. The highest BCUT2D eigenvalue weighted by Crippen LogP contribution is 2.24. The van der Waals surface area contributed by atoms with Gasteiger partial charge in [0.1, 0.15) is 0 Å². The Kier molecular flexibility index (Phi) is 2.86. The molecule has 1 atom stereocenters. The minimum absolute atomic E-state index is 0.604. The molecule has 1 aromatic heterocycles. The lowest BCUT2D eigenvalue weighted by Crippen LogP contribution is -1.92. The monoisotopic (exact) mass is 219 g/mol. The molecule has 0 bridgehead atoms. The van der Waals surface area contributed by atoms with E-state index < -0.39 is 0 Å². The molecule has 0 radical (unpaired) electrons. The minimum Gasteiger partial charge on any atom is -0.250 e. The number of nitrogens with zero attached hydrogens (tertiary/aromatic N) is 1. The van der Waals surface area contributed by atoms with E-state index in [-0.39, 0.29) is 0 Å². The van der Waals surface area contributed by atoms with Crippen LogP contribution in [0.2, 0.25) is 0 Å². The van der Waals surface area contributed by atoms with Crippen molar-refractivity contribution in [2.24, 2.45) is 0 Å². The van der Waals surface area contributed by atoms with Crippen LogP contribution in [-0.2, 0) is 0 Å². The molecular weight excluding hydrogens is 210 g/mol. The van der Waals surface area contributed by atoms with E-state index in [0.29, 0.717) is 5.92 Å². The first kappa shape index (κ1) is 8.21. The van der Waals surface area contributed by atoms with Gasteiger partial charge in [-0.15, -0.1) is 11.3 Å². The van der Waals surface area contributed by atoms with Crippen LogP contribution in [-0.4, -0.2) is 10.3 Å². The lowest BCUT2D eigenvalue weighted by Gasteiger charge is -2.03. The molecule has 0 aliphatic heterocycles. The maximum Gasteiger partial charge on any atom is 0.0797 e. The second-order valence-electron chi connectivity index (χ2n) is 2.36. The first-order valence-corrected chi connectivity index (χ1v) is 5.21. The zero-order valence-electron chi connectivity index (χ0n) is 6.10. The molecule has 0 spiro atoms. The van der Waals surface area contributed by atoms with Crippen LogP contribution in [0.3, 0.4) is 0 Å². The Labute approximate surface area is 73.6 Å². The predicted octanol–water partition coefficient (Wildman–Crippen LogP) is 2.95. The number of alkyl halides is 1. The summed E-state index contributed by atoms with van der Waals surface area (Å²) in [6, 6.07) is 0. The quantitative estimate of drug-likeness (QED) is 0.698. The van der Waals surface area contributed by atoms with Gasteiger partial charge < -0.3 is 0 Å². The number of aryl methyl sites for hydroxylation is 1. The van der Waals surface area contributed by atoms with Crippen molar-refractivity contribution in [1.82, 2.24) is 4.98 Å². The predicted molar refractivity (Wildman–Crippen MR) is 49.1 cm³/mol. The van der Waals surface area contributed by atoms with Crippen LogP contribution < -0.4 is 0 Å². The van der Waals surface area contributed by atoms with Crippen LogP contribution in [0.4, 0.5) is 0 Å². The molecular formula is C7H10BrNS. The smallest absolute Gasteiger partial charge is 0.0797 e. The normalized spacial score (nSPS) is 13.5. The summed E-state index contributed by atoms with van der Waals surface area (Å²) in [6.45, 7) is 4.26. The summed E-state index contributed by atoms with van der Waals surface area (Å²) in [7, 11) is 0. The van der Waals surface area contributed by atoms with Crippen LogP contribution in [0, 0.1) is 6.92 Å². The van der Waals surface area contributed by atoms with Gasteiger partial charge in [0.15, 0.2) is 0 Å². The van der Waals surface area contributed by atoms with Gasteiger partial charge in [-0.1, -0.05) is 22.9 Å². The first-order chi connectivity index (χ1) is 4.75. The van der Waals surface area contributed by atoms with E-state index in [1.165, 1.54) is 10.6 Å². The van der Waals surface area contributed by atoms with E-state index in [1.54, 1.807) is 11.3 Å². The van der Waals surface area contributed by atoms with Gasteiger partial charge in [0, 0.05) is 16.1 Å². The Bertz CT molecular complexity index is 209. The molecule has 1 unspecified atom stereocenters. The Hall–Kier alpha value is 0.110. The molecule has 1 aromatic rings. The van der Waals surface area contributed by atoms with E-state index >= 15 is 0 Å². The van der Waals surface area contributed by atoms with Crippen LogP contribution in [0.15, 0.2) is 5.51 Å². The summed E-state index contributed by atoms with van der Waals surface area (Å²) in [6.07, 6.45) is 0. The Morgan fingerprint density at radius 2 is 2.50 bits per heavy atom. The maximum atomic E-state index is 4.18. The van der Waals surface area contributed by atoms with Crippen LogP contribution in [0.25, 0.3) is 0 Å². The lowest BCUT2D eigenvalue weighted by molar-refractivity contribution is 0.894. The number of halogens is 1.